The second kappa shape index (κ2) is 7.13. The largest absolute Gasteiger partial charge is 0.480 e. The molecule has 0 amide bonds. The van der Waals surface area contributed by atoms with Gasteiger partial charge < -0.3 is 9.84 Å². The topological polar surface area (TPSA) is 76.5 Å². The molecule has 0 aliphatic heterocycles. The number of carbonyl (C=O) groups is 2. The van der Waals surface area contributed by atoms with E-state index in [4.69, 9.17) is 5.11 Å². The van der Waals surface area contributed by atoms with Gasteiger partial charge in [-0.3, -0.25) is 9.78 Å². The maximum absolute atomic E-state index is 11.2. The molecule has 1 unspecified atom stereocenters. The Morgan fingerprint density at radius 2 is 2.11 bits per heavy atom. The van der Waals surface area contributed by atoms with Gasteiger partial charge in [-0.25, -0.2) is 4.79 Å². The number of nitrogens with zero attached hydrogens (tertiary/aromatic N) is 1. The Bertz CT molecular complexity index is 444. The highest BCUT2D eigenvalue weighted by Gasteiger charge is 2.21. The van der Waals surface area contributed by atoms with Crippen LogP contribution in [0.1, 0.15) is 29.9 Å². The molecule has 19 heavy (non-hydrogen) atoms. The number of rotatable bonds is 6. The van der Waals surface area contributed by atoms with Crippen LogP contribution < -0.4 is 0 Å². The molecule has 0 fully saturated rings. The van der Waals surface area contributed by atoms with E-state index in [1.807, 2.05) is 13.8 Å². The Labute approximate surface area is 116 Å². The molecule has 6 heteroatoms. The quantitative estimate of drug-likeness (QED) is 0.807. The lowest BCUT2D eigenvalue weighted by atomic mass is 10.1. The molecule has 0 saturated carbocycles. The van der Waals surface area contributed by atoms with Crippen molar-refractivity contribution >= 4 is 23.7 Å². The lowest BCUT2D eigenvalue weighted by molar-refractivity contribution is -0.137. The van der Waals surface area contributed by atoms with E-state index in [0.717, 1.165) is 5.69 Å². The van der Waals surface area contributed by atoms with Gasteiger partial charge in [0.25, 0.3) is 0 Å². The van der Waals surface area contributed by atoms with Crippen molar-refractivity contribution in [1.82, 2.24) is 4.98 Å². The maximum atomic E-state index is 11.2. The molecule has 1 aromatic heterocycles. The summed E-state index contributed by atoms with van der Waals surface area (Å²) in [6.45, 7) is 3.75. The lowest BCUT2D eigenvalue weighted by Crippen LogP contribution is -2.22. The SMILES string of the molecule is COC(=O)c1ccc(CSC(C(=O)O)C(C)C)nc1. The smallest absolute Gasteiger partial charge is 0.339 e. The van der Waals surface area contributed by atoms with Crippen LogP contribution in [0, 0.1) is 5.92 Å². The lowest BCUT2D eigenvalue weighted by Gasteiger charge is -2.15. The van der Waals surface area contributed by atoms with Crippen LogP contribution in [-0.2, 0) is 15.3 Å². The van der Waals surface area contributed by atoms with Gasteiger partial charge in [-0.1, -0.05) is 13.8 Å². The molecule has 0 radical (unpaired) electrons. The number of aliphatic carboxylic acids is 1. The third-order valence-corrected chi connectivity index (χ3v) is 4.07. The van der Waals surface area contributed by atoms with E-state index in [1.165, 1.54) is 25.1 Å². The van der Waals surface area contributed by atoms with Gasteiger partial charge in [0, 0.05) is 11.9 Å². The number of carbonyl (C=O) groups excluding carboxylic acids is 1. The third kappa shape index (κ3) is 4.55. The van der Waals surface area contributed by atoms with Crippen molar-refractivity contribution in [3.8, 4) is 0 Å². The molecule has 0 saturated heterocycles. The van der Waals surface area contributed by atoms with Crippen molar-refractivity contribution < 1.29 is 19.4 Å². The molecule has 1 heterocycles. The first-order chi connectivity index (χ1) is 8.95. The van der Waals surface area contributed by atoms with Crippen LogP contribution in [0.4, 0.5) is 0 Å². The van der Waals surface area contributed by atoms with Gasteiger partial charge in [-0.05, 0) is 18.1 Å². The summed E-state index contributed by atoms with van der Waals surface area (Å²) in [6.07, 6.45) is 1.44. The summed E-state index contributed by atoms with van der Waals surface area (Å²) in [5.41, 5.74) is 1.12. The minimum atomic E-state index is -0.814. The van der Waals surface area contributed by atoms with Crippen molar-refractivity contribution in [2.24, 2.45) is 5.92 Å². The molecule has 0 aromatic carbocycles. The number of carboxylic acid groups (broad SMARTS) is 1. The third-order valence-electron chi connectivity index (χ3n) is 2.51. The van der Waals surface area contributed by atoms with Crippen LogP contribution >= 0.6 is 11.8 Å². The molecule has 5 nitrogen and oxygen atoms in total. The van der Waals surface area contributed by atoms with Crippen molar-refractivity contribution in [2.45, 2.75) is 24.9 Å². The van der Waals surface area contributed by atoms with Crippen LogP contribution in [0.3, 0.4) is 0 Å². The summed E-state index contributed by atoms with van der Waals surface area (Å²) in [5.74, 6) is -0.698. The van der Waals surface area contributed by atoms with Gasteiger partial charge in [-0.2, -0.15) is 0 Å². The standard InChI is InChI=1S/C13H17NO4S/c1-8(2)11(12(15)16)19-7-10-5-4-9(6-14-10)13(17)18-3/h4-6,8,11H,7H2,1-3H3,(H,15,16). The monoisotopic (exact) mass is 283 g/mol. The number of esters is 1. The van der Waals surface area contributed by atoms with Gasteiger partial charge >= 0.3 is 11.9 Å². The Balaban J connectivity index is 2.63. The zero-order valence-corrected chi connectivity index (χ0v) is 11.9. The van der Waals surface area contributed by atoms with Gasteiger partial charge in [0.05, 0.1) is 18.4 Å². The van der Waals surface area contributed by atoms with Gasteiger partial charge in [0.2, 0.25) is 0 Å². The van der Waals surface area contributed by atoms with E-state index < -0.39 is 17.2 Å². The summed E-state index contributed by atoms with van der Waals surface area (Å²) in [4.78, 5) is 26.4. The van der Waals surface area contributed by atoms with Gasteiger partial charge in [-0.15, -0.1) is 11.8 Å². The minimum Gasteiger partial charge on any atom is -0.480 e. The van der Waals surface area contributed by atoms with Crippen LogP contribution in [-0.4, -0.2) is 34.4 Å². The van der Waals surface area contributed by atoms with Crippen LogP contribution in [0.25, 0.3) is 0 Å². The Kier molecular flexibility index (Phi) is 5.82. The molecule has 0 aliphatic carbocycles. The normalized spacial score (nSPS) is 12.2. The molecule has 104 valence electrons. The van der Waals surface area contributed by atoms with Crippen LogP contribution in [0.15, 0.2) is 18.3 Å². The molecule has 1 atom stereocenters. The second-order valence-corrected chi connectivity index (χ2v) is 5.47. The average molecular weight is 283 g/mol. The highest BCUT2D eigenvalue weighted by molar-refractivity contribution is 7.99. The van der Waals surface area contributed by atoms with Crippen LogP contribution in [0.2, 0.25) is 0 Å². The number of hydrogen-bond acceptors (Lipinski definition) is 5. The van der Waals surface area contributed by atoms with Crippen LogP contribution in [0.5, 0.6) is 0 Å². The zero-order chi connectivity index (χ0) is 14.4. The number of thioether (sulfide) groups is 1. The van der Waals surface area contributed by atoms with E-state index in [9.17, 15) is 9.59 Å². The number of ether oxygens (including phenoxy) is 1. The fraction of sp³-hybridized carbons (Fsp3) is 0.462. The molecule has 0 spiro atoms. The Hall–Kier alpha value is -1.56. The number of pyridine rings is 1. The molecular weight excluding hydrogens is 266 g/mol. The molecular formula is C13H17NO4S. The van der Waals surface area contributed by atoms with E-state index in [-0.39, 0.29) is 5.92 Å². The number of carboxylic acids is 1. The van der Waals surface area contributed by atoms with E-state index in [1.54, 1.807) is 12.1 Å². The fourth-order valence-corrected chi connectivity index (χ4v) is 2.52. The summed E-state index contributed by atoms with van der Waals surface area (Å²) in [7, 11) is 1.31. The molecule has 0 bridgehead atoms. The first-order valence-electron chi connectivity index (χ1n) is 5.83. The number of hydrogen-bond donors (Lipinski definition) is 1. The zero-order valence-electron chi connectivity index (χ0n) is 11.1. The fourth-order valence-electron chi connectivity index (χ4n) is 1.47. The van der Waals surface area contributed by atoms with Crippen molar-refractivity contribution in [3.05, 3.63) is 29.6 Å². The summed E-state index contributed by atoms with van der Waals surface area (Å²) < 4.78 is 4.58. The first-order valence-corrected chi connectivity index (χ1v) is 6.88. The average Bonchev–Trinajstić information content (AvgIpc) is 2.38. The van der Waals surface area contributed by atoms with Gasteiger partial charge in [0.1, 0.15) is 5.25 Å². The molecule has 0 aliphatic rings. The summed E-state index contributed by atoms with van der Waals surface area (Å²) in [6, 6.07) is 3.33. The Morgan fingerprint density at radius 3 is 2.53 bits per heavy atom. The minimum absolute atomic E-state index is 0.0526. The predicted octanol–water partition coefficient (Wildman–Crippen LogP) is 2.21. The van der Waals surface area contributed by atoms with E-state index in [2.05, 4.69) is 9.72 Å². The molecule has 1 N–H and O–H groups in total. The first kappa shape index (κ1) is 15.5. The number of aromatic nitrogens is 1. The van der Waals surface area contributed by atoms with E-state index >= 15 is 0 Å². The maximum Gasteiger partial charge on any atom is 0.339 e. The molecule has 1 rings (SSSR count). The van der Waals surface area contributed by atoms with Crippen molar-refractivity contribution in [3.63, 3.8) is 0 Å². The summed E-state index contributed by atoms with van der Waals surface area (Å²) >= 11 is 1.33. The van der Waals surface area contributed by atoms with E-state index in [0.29, 0.717) is 11.3 Å². The van der Waals surface area contributed by atoms with Crippen molar-refractivity contribution in [1.29, 1.82) is 0 Å². The number of methoxy groups -OCH3 is 1. The second-order valence-electron chi connectivity index (χ2n) is 4.34. The highest BCUT2D eigenvalue weighted by atomic mass is 32.2. The summed E-state index contributed by atoms with van der Waals surface area (Å²) in [5, 5.41) is 8.61. The van der Waals surface area contributed by atoms with Gasteiger partial charge in [0.15, 0.2) is 0 Å². The van der Waals surface area contributed by atoms with Crippen molar-refractivity contribution in [2.75, 3.05) is 7.11 Å². The Morgan fingerprint density at radius 1 is 1.42 bits per heavy atom. The predicted molar refractivity (Wildman–Crippen MR) is 73.1 cm³/mol. The molecule has 1 aromatic rings. The highest BCUT2D eigenvalue weighted by Crippen LogP contribution is 2.23.